The van der Waals surface area contributed by atoms with E-state index in [0.717, 1.165) is 59.1 Å². The molecule has 3 aromatic heterocycles. The number of carbonyl (C=O) groups is 1. The highest BCUT2D eigenvalue weighted by Crippen LogP contribution is 2.46. The third-order valence-electron chi connectivity index (χ3n) is 7.18. The molecular formula is C27H30N4O3. The quantitative estimate of drug-likeness (QED) is 0.552. The maximum Gasteiger partial charge on any atom is 0.340 e. The number of hydrogen-bond acceptors (Lipinski definition) is 7. The number of carbonyl (C=O) groups excluding carboxylic acids is 1. The molecular weight excluding hydrogens is 428 g/mol. The van der Waals surface area contributed by atoms with Gasteiger partial charge in [0, 0.05) is 42.2 Å². The van der Waals surface area contributed by atoms with Crippen molar-refractivity contribution in [2.75, 3.05) is 0 Å². The van der Waals surface area contributed by atoms with Gasteiger partial charge < -0.3 is 15.2 Å². The van der Waals surface area contributed by atoms with Crippen molar-refractivity contribution < 1.29 is 14.3 Å². The zero-order valence-corrected chi connectivity index (χ0v) is 19.9. The Kier molecular flexibility index (Phi) is 4.72. The van der Waals surface area contributed by atoms with Gasteiger partial charge in [-0.05, 0) is 81.5 Å². The molecule has 2 aliphatic carbocycles. The van der Waals surface area contributed by atoms with Gasteiger partial charge in [-0.15, -0.1) is 0 Å². The van der Waals surface area contributed by atoms with Crippen LogP contribution in [0.1, 0.15) is 79.5 Å². The molecule has 2 saturated carbocycles. The van der Waals surface area contributed by atoms with Crippen molar-refractivity contribution in [2.24, 2.45) is 11.7 Å². The van der Waals surface area contributed by atoms with Crippen LogP contribution in [0.15, 0.2) is 30.6 Å². The summed E-state index contributed by atoms with van der Waals surface area (Å²) in [4.78, 5) is 26.5. The van der Waals surface area contributed by atoms with Gasteiger partial charge >= 0.3 is 5.97 Å². The molecule has 3 aromatic rings. The second-order valence-corrected chi connectivity index (χ2v) is 10.9. The zero-order chi connectivity index (χ0) is 23.7. The Bertz CT molecular complexity index is 1310. The molecule has 1 atom stereocenters. The number of hydrogen-bond donors (Lipinski definition) is 1. The second kappa shape index (κ2) is 7.47. The predicted octanol–water partition coefficient (Wildman–Crippen LogP) is 4.23. The first kappa shape index (κ1) is 21.5. The second-order valence-electron chi connectivity index (χ2n) is 10.9. The molecule has 176 valence electrons. The fourth-order valence-corrected chi connectivity index (χ4v) is 4.92. The van der Waals surface area contributed by atoms with E-state index in [-0.39, 0.29) is 12.1 Å². The molecule has 4 heterocycles. The largest absolute Gasteiger partial charge is 0.474 e. The average molecular weight is 459 g/mol. The van der Waals surface area contributed by atoms with Gasteiger partial charge in [0.05, 0.1) is 16.6 Å². The van der Waals surface area contributed by atoms with E-state index in [1.165, 1.54) is 0 Å². The Balaban J connectivity index is 1.38. The van der Waals surface area contributed by atoms with Crippen LogP contribution in [0.5, 0.6) is 5.88 Å². The maximum absolute atomic E-state index is 12.3. The van der Waals surface area contributed by atoms with E-state index in [1.807, 2.05) is 38.4 Å². The van der Waals surface area contributed by atoms with E-state index >= 15 is 0 Å². The summed E-state index contributed by atoms with van der Waals surface area (Å²) in [5, 5.41) is 1.96. The standard InChI is InChI=1S/C27H30N4O3/c1-26(2)12-23-19(25(32)34-26)9-6-16(31-23)10-17-11-20-21(13-29-17)24(33-18-7-8-18)30-14-22(20)27(3,28)15-4-5-15/h6,9,11,13-15,18H,4-5,7-8,10,12,28H2,1-3H3/t27-/m1/s1. The van der Waals surface area contributed by atoms with Crippen molar-refractivity contribution >= 4 is 16.7 Å². The highest BCUT2D eigenvalue weighted by molar-refractivity contribution is 5.92. The minimum atomic E-state index is -0.550. The molecule has 7 heteroatoms. The van der Waals surface area contributed by atoms with E-state index in [1.54, 1.807) is 0 Å². The summed E-state index contributed by atoms with van der Waals surface area (Å²) in [6, 6.07) is 5.81. The molecule has 34 heavy (non-hydrogen) atoms. The minimum absolute atomic E-state index is 0.254. The first-order valence-corrected chi connectivity index (χ1v) is 12.2. The molecule has 2 N–H and O–H groups in total. The van der Waals surface area contributed by atoms with Crippen LogP contribution < -0.4 is 10.5 Å². The fraction of sp³-hybridized carbons (Fsp3) is 0.481. The first-order valence-electron chi connectivity index (χ1n) is 12.2. The lowest BCUT2D eigenvalue weighted by atomic mass is 9.86. The smallest absolute Gasteiger partial charge is 0.340 e. The van der Waals surface area contributed by atoms with E-state index in [4.69, 9.17) is 25.2 Å². The van der Waals surface area contributed by atoms with Gasteiger partial charge in [-0.25, -0.2) is 9.78 Å². The number of esters is 1. The van der Waals surface area contributed by atoms with Gasteiger partial charge in [0.25, 0.3) is 0 Å². The molecule has 0 radical (unpaired) electrons. The zero-order valence-electron chi connectivity index (χ0n) is 19.9. The predicted molar refractivity (Wildman–Crippen MR) is 128 cm³/mol. The lowest BCUT2D eigenvalue weighted by molar-refractivity contribution is -0.00720. The van der Waals surface area contributed by atoms with Gasteiger partial charge in [-0.1, -0.05) is 0 Å². The Hall–Kier alpha value is -3.06. The normalized spacial score (nSPS) is 21.0. The van der Waals surface area contributed by atoms with Gasteiger partial charge in [0.15, 0.2) is 0 Å². The number of fused-ring (bicyclic) bond motifs is 2. The molecule has 3 aliphatic rings. The Morgan fingerprint density at radius 2 is 1.91 bits per heavy atom. The molecule has 0 unspecified atom stereocenters. The number of aromatic nitrogens is 3. The van der Waals surface area contributed by atoms with Crippen molar-refractivity contribution in [3.63, 3.8) is 0 Å². The molecule has 6 rings (SSSR count). The van der Waals surface area contributed by atoms with Crippen LogP contribution in [-0.2, 0) is 23.1 Å². The molecule has 7 nitrogen and oxygen atoms in total. The van der Waals surface area contributed by atoms with Crippen LogP contribution in [0.25, 0.3) is 10.8 Å². The third-order valence-corrected chi connectivity index (χ3v) is 7.18. The molecule has 0 spiro atoms. The van der Waals surface area contributed by atoms with Gasteiger partial charge in [-0.2, -0.15) is 0 Å². The van der Waals surface area contributed by atoms with Crippen molar-refractivity contribution in [3.8, 4) is 5.88 Å². The van der Waals surface area contributed by atoms with Crippen LogP contribution in [0.4, 0.5) is 0 Å². The van der Waals surface area contributed by atoms with Crippen molar-refractivity contribution in [1.82, 2.24) is 15.0 Å². The van der Waals surface area contributed by atoms with Gasteiger partial charge in [0.1, 0.15) is 11.7 Å². The van der Waals surface area contributed by atoms with Crippen LogP contribution >= 0.6 is 0 Å². The summed E-state index contributed by atoms with van der Waals surface area (Å²) in [5.74, 6) is 0.797. The molecule has 0 saturated heterocycles. The van der Waals surface area contributed by atoms with Crippen LogP contribution in [-0.4, -0.2) is 32.6 Å². The van der Waals surface area contributed by atoms with Crippen molar-refractivity contribution in [1.29, 1.82) is 0 Å². The van der Waals surface area contributed by atoms with Gasteiger partial charge in [0.2, 0.25) is 5.88 Å². The number of cyclic esters (lactones) is 1. The lowest BCUT2D eigenvalue weighted by Crippen LogP contribution is -2.36. The summed E-state index contributed by atoms with van der Waals surface area (Å²) in [6.07, 6.45) is 9.59. The van der Waals surface area contributed by atoms with E-state index in [2.05, 4.69) is 18.0 Å². The highest BCUT2D eigenvalue weighted by Gasteiger charge is 2.41. The number of nitrogens with two attached hydrogens (primary N) is 1. The summed E-state index contributed by atoms with van der Waals surface area (Å²) in [6.45, 7) is 5.93. The highest BCUT2D eigenvalue weighted by atomic mass is 16.6. The average Bonchev–Trinajstić information content (AvgIpc) is 3.66. The molecule has 0 bridgehead atoms. The summed E-state index contributed by atoms with van der Waals surface area (Å²) in [5.41, 5.74) is 9.98. The summed E-state index contributed by atoms with van der Waals surface area (Å²) in [7, 11) is 0. The maximum atomic E-state index is 12.3. The molecule has 0 aromatic carbocycles. The fourth-order valence-electron chi connectivity index (χ4n) is 4.92. The minimum Gasteiger partial charge on any atom is -0.474 e. The monoisotopic (exact) mass is 458 g/mol. The number of pyridine rings is 3. The Labute approximate surface area is 199 Å². The third kappa shape index (κ3) is 3.92. The number of rotatable bonds is 6. The van der Waals surface area contributed by atoms with E-state index in [9.17, 15) is 4.79 Å². The first-order chi connectivity index (χ1) is 16.2. The van der Waals surface area contributed by atoms with E-state index in [0.29, 0.717) is 30.2 Å². The SMILES string of the molecule is CC1(C)Cc2nc(Cc3cc4c([C@](C)(N)C5CC5)cnc(OC5CC5)c4cn3)ccc2C(=O)O1. The van der Waals surface area contributed by atoms with Crippen LogP contribution in [0.3, 0.4) is 0 Å². The molecule has 1 aliphatic heterocycles. The summed E-state index contributed by atoms with van der Waals surface area (Å²) < 4.78 is 11.6. The Morgan fingerprint density at radius 3 is 2.65 bits per heavy atom. The van der Waals surface area contributed by atoms with Crippen molar-refractivity contribution in [2.45, 2.75) is 76.5 Å². The van der Waals surface area contributed by atoms with Crippen LogP contribution in [0.2, 0.25) is 0 Å². The van der Waals surface area contributed by atoms with E-state index < -0.39 is 11.1 Å². The number of ether oxygens (including phenoxy) is 2. The molecule has 2 fully saturated rings. The Morgan fingerprint density at radius 1 is 1.12 bits per heavy atom. The lowest BCUT2D eigenvalue weighted by Gasteiger charge is -2.30. The van der Waals surface area contributed by atoms with Gasteiger partial charge in [-0.3, -0.25) is 9.97 Å². The number of nitrogens with zero attached hydrogens (tertiary/aromatic N) is 3. The molecule has 0 amide bonds. The topological polar surface area (TPSA) is 100 Å². The summed E-state index contributed by atoms with van der Waals surface area (Å²) >= 11 is 0. The van der Waals surface area contributed by atoms with Crippen molar-refractivity contribution in [3.05, 3.63) is 58.8 Å². The van der Waals surface area contributed by atoms with Crippen LogP contribution in [0, 0.1) is 5.92 Å².